The number of hydrogen-bond donors (Lipinski definition) is 1. The Morgan fingerprint density at radius 1 is 1.33 bits per heavy atom. The Bertz CT molecular complexity index is 603. The summed E-state index contributed by atoms with van der Waals surface area (Å²) < 4.78 is 26.9. The zero-order valence-corrected chi connectivity index (χ0v) is 13.8. The van der Waals surface area contributed by atoms with Crippen LogP contribution in [0.25, 0.3) is 0 Å². The van der Waals surface area contributed by atoms with Crippen molar-refractivity contribution >= 4 is 10.0 Å². The SMILES string of the molecule is C#CCN(CCC)S(=O)(=O)c1cccc(CNCC)c1C. The second-order valence-corrected chi connectivity index (χ2v) is 6.77. The van der Waals surface area contributed by atoms with Gasteiger partial charge in [-0.3, -0.25) is 0 Å². The Kier molecular flexibility index (Phi) is 6.90. The molecule has 1 rings (SSSR count). The van der Waals surface area contributed by atoms with E-state index in [0.717, 1.165) is 24.1 Å². The molecule has 0 radical (unpaired) electrons. The van der Waals surface area contributed by atoms with Gasteiger partial charge in [-0.25, -0.2) is 8.42 Å². The first-order valence-corrected chi connectivity index (χ1v) is 8.65. The quantitative estimate of drug-likeness (QED) is 0.749. The summed E-state index contributed by atoms with van der Waals surface area (Å²) in [5, 5.41) is 3.22. The van der Waals surface area contributed by atoms with Crippen LogP contribution in [0, 0.1) is 19.3 Å². The van der Waals surface area contributed by atoms with Crippen molar-refractivity contribution in [2.24, 2.45) is 0 Å². The van der Waals surface area contributed by atoms with Crippen LogP contribution in [0.4, 0.5) is 0 Å². The molecule has 0 aliphatic rings. The van der Waals surface area contributed by atoms with Crippen molar-refractivity contribution in [3.05, 3.63) is 29.3 Å². The monoisotopic (exact) mass is 308 g/mol. The van der Waals surface area contributed by atoms with Gasteiger partial charge in [-0.05, 0) is 37.1 Å². The van der Waals surface area contributed by atoms with E-state index in [1.807, 2.05) is 26.8 Å². The first-order chi connectivity index (χ1) is 9.98. The lowest BCUT2D eigenvalue weighted by molar-refractivity contribution is 0.445. The van der Waals surface area contributed by atoms with Crippen molar-refractivity contribution < 1.29 is 8.42 Å². The van der Waals surface area contributed by atoms with Gasteiger partial charge in [0, 0.05) is 13.1 Å². The smallest absolute Gasteiger partial charge is 0.244 e. The molecule has 1 aromatic rings. The lowest BCUT2D eigenvalue weighted by Gasteiger charge is -2.21. The van der Waals surface area contributed by atoms with Gasteiger partial charge in [0.15, 0.2) is 0 Å². The van der Waals surface area contributed by atoms with E-state index in [1.54, 1.807) is 12.1 Å². The molecular formula is C16H24N2O2S. The molecule has 0 bridgehead atoms. The van der Waals surface area contributed by atoms with Crippen LogP contribution in [-0.2, 0) is 16.6 Å². The van der Waals surface area contributed by atoms with Crippen LogP contribution >= 0.6 is 0 Å². The van der Waals surface area contributed by atoms with Crippen LogP contribution in [0.5, 0.6) is 0 Å². The molecule has 21 heavy (non-hydrogen) atoms. The third-order valence-corrected chi connectivity index (χ3v) is 5.31. The summed E-state index contributed by atoms with van der Waals surface area (Å²) in [4.78, 5) is 0.349. The van der Waals surface area contributed by atoms with E-state index < -0.39 is 10.0 Å². The Labute approximate surface area is 128 Å². The number of rotatable bonds is 8. The van der Waals surface area contributed by atoms with Crippen LogP contribution in [0.2, 0.25) is 0 Å². The fraction of sp³-hybridized carbons (Fsp3) is 0.500. The normalized spacial score (nSPS) is 11.6. The topological polar surface area (TPSA) is 49.4 Å². The zero-order chi connectivity index (χ0) is 15.9. The largest absolute Gasteiger partial charge is 0.313 e. The molecule has 0 amide bonds. The lowest BCUT2D eigenvalue weighted by Crippen LogP contribution is -2.33. The van der Waals surface area contributed by atoms with Crippen LogP contribution in [-0.4, -0.2) is 32.4 Å². The number of benzene rings is 1. The van der Waals surface area contributed by atoms with Crippen molar-refractivity contribution in [3.63, 3.8) is 0 Å². The van der Waals surface area contributed by atoms with E-state index in [4.69, 9.17) is 6.42 Å². The van der Waals surface area contributed by atoms with Crippen LogP contribution in [0.3, 0.4) is 0 Å². The molecule has 0 atom stereocenters. The molecule has 0 spiro atoms. The summed E-state index contributed by atoms with van der Waals surface area (Å²) in [5.41, 5.74) is 1.78. The number of hydrogen-bond acceptors (Lipinski definition) is 3. The summed E-state index contributed by atoms with van der Waals surface area (Å²) in [7, 11) is -3.54. The number of terminal acetylenes is 1. The molecule has 0 fully saturated rings. The molecule has 0 aliphatic carbocycles. The molecule has 0 aliphatic heterocycles. The Balaban J connectivity index is 3.21. The average molecular weight is 308 g/mol. The van der Waals surface area contributed by atoms with Crippen molar-refractivity contribution in [2.45, 2.75) is 38.6 Å². The van der Waals surface area contributed by atoms with E-state index in [-0.39, 0.29) is 6.54 Å². The summed E-state index contributed by atoms with van der Waals surface area (Å²) in [5.74, 6) is 2.43. The lowest BCUT2D eigenvalue weighted by atomic mass is 10.1. The maximum Gasteiger partial charge on any atom is 0.244 e. The summed E-state index contributed by atoms with van der Waals surface area (Å²) in [6, 6.07) is 5.38. The maximum atomic E-state index is 12.8. The highest BCUT2D eigenvalue weighted by atomic mass is 32.2. The predicted octanol–water partition coefficient (Wildman–Crippen LogP) is 2.14. The van der Waals surface area contributed by atoms with Crippen molar-refractivity contribution in [2.75, 3.05) is 19.6 Å². The summed E-state index contributed by atoms with van der Waals surface area (Å²) >= 11 is 0. The predicted molar refractivity (Wildman–Crippen MR) is 86.4 cm³/mol. The molecule has 4 nitrogen and oxygen atoms in total. The minimum absolute atomic E-state index is 0.104. The van der Waals surface area contributed by atoms with Gasteiger partial charge in [-0.15, -0.1) is 6.42 Å². The van der Waals surface area contributed by atoms with Crippen LogP contribution in [0.1, 0.15) is 31.4 Å². The van der Waals surface area contributed by atoms with Gasteiger partial charge in [0.25, 0.3) is 0 Å². The van der Waals surface area contributed by atoms with Gasteiger partial charge in [-0.2, -0.15) is 4.31 Å². The Morgan fingerprint density at radius 2 is 2.05 bits per heavy atom. The molecule has 0 saturated carbocycles. The molecule has 0 saturated heterocycles. The Hall–Kier alpha value is -1.35. The van der Waals surface area contributed by atoms with Crippen LogP contribution < -0.4 is 5.32 Å². The van der Waals surface area contributed by atoms with Gasteiger partial charge in [-0.1, -0.05) is 31.9 Å². The van der Waals surface area contributed by atoms with Gasteiger partial charge in [0.2, 0.25) is 10.0 Å². The van der Waals surface area contributed by atoms with Gasteiger partial charge < -0.3 is 5.32 Å². The molecule has 0 aromatic heterocycles. The number of nitrogens with zero attached hydrogens (tertiary/aromatic N) is 1. The molecule has 5 heteroatoms. The second kappa shape index (κ2) is 8.18. The number of nitrogens with one attached hydrogen (secondary N) is 1. The maximum absolute atomic E-state index is 12.8. The molecule has 1 N–H and O–H groups in total. The highest BCUT2D eigenvalue weighted by Crippen LogP contribution is 2.22. The highest BCUT2D eigenvalue weighted by molar-refractivity contribution is 7.89. The van der Waals surface area contributed by atoms with E-state index in [0.29, 0.717) is 18.0 Å². The highest BCUT2D eigenvalue weighted by Gasteiger charge is 2.25. The van der Waals surface area contributed by atoms with E-state index >= 15 is 0 Å². The summed E-state index contributed by atoms with van der Waals surface area (Å²) in [6.07, 6.45) is 6.04. The third kappa shape index (κ3) is 4.31. The van der Waals surface area contributed by atoms with Crippen molar-refractivity contribution in [1.29, 1.82) is 0 Å². The van der Waals surface area contributed by atoms with E-state index in [1.165, 1.54) is 4.31 Å². The Morgan fingerprint density at radius 3 is 2.62 bits per heavy atom. The first-order valence-electron chi connectivity index (χ1n) is 7.21. The molecular weight excluding hydrogens is 284 g/mol. The standard InChI is InChI=1S/C16H24N2O2S/c1-5-11-18(12-6-2)21(19,20)16-10-8-9-15(14(16)4)13-17-7-3/h1,8-10,17H,6-7,11-13H2,2-4H3. The van der Waals surface area contributed by atoms with Crippen molar-refractivity contribution in [1.82, 2.24) is 9.62 Å². The fourth-order valence-corrected chi connectivity index (χ4v) is 3.88. The van der Waals surface area contributed by atoms with Gasteiger partial charge in [0.1, 0.15) is 0 Å². The van der Waals surface area contributed by atoms with Gasteiger partial charge >= 0.3 is 0 Å². The minimum Gasteiger partial charge on any atom is -0.313 e. The molecule has 0 unspecified atom stereocenters. The molecule has 1 aromatic carbocycles. The zero-order valence-electron chi connectivity index (χ0n) is 13.0. The molecule has 116 valence electrons. The minimum atomic E-state index is -3.54. The van der Waals surface area contributed by atoms with Gasteiger partial charge in [0.05, 0.1) is 11.4 Å². The fourth-order valence-electron chi connectivity index (χ4n) is 2.17. The third-order valence-electron chi connectivity index (χ3n) is 3.32. The van der Waals surface area contributed by atoms with E-state index in [9.17, 15) is 8.42 Å². The van der Waals surface area contributed by atoms with E-state index in [2.05, 4.69) is 11.2 Å². The summed E-state index contributed by atoms with van der Waals surface area (Å²) in [6.45, 7) is 7.85. The number of sulfonamides is 1. The first kappa shape index (κ1) is 17.7. The van der Waals surface area contributed by atoms with Crippen LogP contribution in [0.15, 0.2) is 23.1 Å². The molecule has 0 heterocycles. The second-order valence-electron chi connectivity index (χ2n) is 4.86. The van der Waals surface area contributed by atoms with Crippen molar-refractivity contribution in [3.8, 4) is 12.3 Å². The average Bonchev–Trinajstić information content (AvgIpc) is 2.45.